The summed E-state index contributed by atoms with van der Waals surface area (Å²) in [6.07, 6.45) is 5.45. The lowest BCUT2D eigenvalue weighted by atomic mass is 9.93. The molecular weight excluding hydrogens is 378 g/mol. The van der Waals surface area contributed by atoms with Gasteiger partial charge in [0.05, 0.1) is 6.54 Å². The first kappa shape index (κ1) is 22.5. The van der Waals surface area contributed by atoms with Crippen LogP contribution in [0.3, 0.4) is 0 Å². The van der Waals surface area contributed by atoms with Crippen LogP contribution in [0.1, 0.15) is 39.5 Å². The van der Waals surface area contributed by atoms with Gasteiger partial charge in [-0.3, -0.25) is 14.5 Å². The summed E-state index contributed by atoms with van der Waals surface area (Å²) in [5.74, 6) is 1.92. The molecule has 1 atom stereocenters. The second-order valence-electron chi connectivity index (χ2n) is 8.40. The van der Waals surface area contributed by atoms with Crippen LogP contribution in [0.25, 0.3) is 0 Å². The van der Waals surface area contributed by atoms with Crippen molar-refractivity contribution in [1.29, 1.82) is 0 Å². The van der Waals surface area contributed by atoms with Crippen molar-refractivity contribution in [3.63, 3.8) is 0 Å². The van der Waals surface area contributed by atoms with Gasteiger partial charge >= 0.3 is 0 Å². The predicted octanol–water partition coefficient (Wildman–Crippen LogP) is 2.09. The Kier molecular flexibility index (Phi) is 8.49. The maximum Gasteiger partial charge on any atom is 0.236 e. The number of likely N-dealkylation sites (tertiary alicyclic amines) is 1. The van der Waals surface area contributed by atoms with Gasteiger partial charge in [0, 0.05) is 51.9 Å². The van der Waals surface area contributed by atoms with E-state index in [9.17, 15) is 9.59 Å². The van der Waals surface area contributed by atoms with E-state index in [0.29, 0.717) is 18.9 Å². The fraction of sp³-hybridized carbons (Fsp3) is 0.696. The molecule has 0 saturated carbocycles. The number of nitrogens with zero attached hydrogens (tertiary/aromatic N) is 5. The maximum atomic E-state index is 12.7. The van der Waals surface area contributed by atoms with Gasteiger partial charge in [-0.15, -0.1) is 0 Å². The van der Waals surface area contributed by atoms with Crippen molar-refractivity contribution in [3.8, 4) is 0 Å². The van der Waals surface area contributed by atoms with Crippen LogP contribution in [0, 0.1) is 5.92 Å². The summed E-state index contributed by atoms with van der Waals surface area (Å²) in [5, 5.41) is 0. The largest absolute Gasteiger partial charge is 0.353 e. The molecule has 30 heavy (non-hydrogen) atoms. The van der Waals surface area contributed by atoms with Gasteiger partial charge in [-0.1, -0.05) is 19.9 Å². The van der Waals surface area contributed by atoms with Crippen molar-refractivity contribution in [1.82, 2.24) is 19.7 Å². The number of carbonyl (C=O) groups is 2. The monoisotopic (exact) mass is 415 g/mol. The molecule has 2 aliphatic heterocycles. The van der Waals surface area contributed by atoms with Gasteiger partial charge in [-0.25, -0.2) is 4.98 Å². The van der Waals surface area contributed by atoms with Crippen molar-refractivity contribution >= 4 is 17.6 Å². The van der Waals surface area contributed by atoms with Crippen LogP contribution in [-0.4, -0.2) is 90.4 Å². The zero-order valence-corrected chi connectivity index (χ0v) is 18.6. The van der Waals surface area contributed by atoms with E-state index >= 15 is 0 Å². The van der Waals surface area contributed by atoms with E-state index in [2.05, 4.69) is 28.6 Å². The Morgan fingerprint density at radius 2 is 1.80 bits per heavy atom. The van der Waals surface area contributed by atoms with Crippen molar-refractivity contribution in [2.75, 3.05) is 63.8 Å². The molecule has 1 aromatic heterocycles. The highest BCUT2D eigenvalue weighted by Gasteiger charge is 2.26. The summed E-state index contributed by atoms with van der Waals surface area (Å²) in [7, 11) is 0. The first-order valence-electron chi connectivity index (χ1n) is 11.5. The molecule has 2 aliphatic rings. The molecule has 0 bridgehead atoms. The average molecular weight is 416 g/mol. The standard InChI is InChI=1S/C23H37N5O2/c1-3-25(4-2)19-23(30)28-13-7-8-20(18-28)10-11-22(29)27-16-14-26(15-17-27)21-9-5-6-12-24-21/h5-6,9,12,20H,3-4,7-8,10-11,13-19H2,1-2H3. The Hall–Kier alpha value is -2.15. The van der Waals surface area contributed by atoms with Crippen LogP contribution < -0.4 is 4.90 Å². The Balaban J connectivity index is 1.40. The number of hydrogen-bond acceptors (Lipinski definition) is 5. The van der Waals surface area contributed by atoms with Crippen LogP contribution in [0.15, 0.2) is 24.4 Å². The van der Waals surface area contributed by atoms with Crippen molar-refractivity contribution in [2.45, 2.75) is 39.5 Å². The van der Waals surface area contributed by atoms with E-state index in [0.717, 1.165) is 77.4 Å². The molecule has 0 N–H and O–H groups in total. The summed E-state index contributed by atoms with van der Waals surface area (Å²) in [6.45, 7) is 11.4. The van der Waals surface area contributed by atoms with Gasteiger partial charge in [-0.05, 0) is 50.4 Å². The summed E-state index contributed by atoms with van der Waals surface area (Å²) < 4.78 is 0. The molecule has 3 rings (SSSR count). The number of hydrogen-bond donors (Lipinski definition) is 0. The van der Waals surface area contributed by atoms with Crippen LogP contribution in [-0.2, 0) is 9.59 Å². The lowest BCUT2D eigenvalue weighted by Crippen LogP contribution is -2.49. The number of rotatable bonds is 8. The summed E-state index contributed by atoms with van der Waals surface area (Å²) in [6, 6.07) is 5.95. The van der Waals surface area contributed by atoms with Crippen LogP contribution in [0.5, 0.6) is 0 Å². The number of amides is 2. The Labute approximate surface area is 181 Å². The fourth-order valence-corrected chi connectivity index (χ4v) is 4.48. The molecule has 0 aromatic carbocycles. The molecule has 7 heteroatoms. The molecule has 2 saturated heterocycles. The average Bonchev–Trinajstić information content (AvgIpc) is 2.81. The Morgan fingerprint density at radius 1 is 1.03 bits per heavy atom. The summed E-state index contributed by atoms with van der Waals surface area (Å²) in [4.78, 5) is 38.2. The van der Waals surface area contributed by atoms with Crippen LogP contribution >= 0.6 is 0 Å². The second-order valence-corrected chi connectivity index (χ2v) is 8.40. The third-order valence-electron chi connectivity index (χ3n) is 6.50. The molecule has 2 amide bonds. The van der Waals surface area contributed by atoms with Crippen molar-refractivity contribution < 1.29 is 9.59 Å². The number of piperazine rings is 1. The smallest absolute Gasteiger partial charge is 0.236 e. The minimum atomic E-state index is 0.236. The zero-order valence-electron chi connectivity index (χ0n) is 18.6. The molecule has 0 aliphatic carbocycles. The van der Waals surface area contributed by atoms with E-state index in [-0.39, 0.29) is 11.8 Å². The predicted molar refractivity (Wildman–Crippen MR) is 119 cm³/mol. The van der Waals surface area contributed by atoms with Gasteiger partial charge in [0.2, 0.25) is 11.8 Å². The Bertz CT molecular complexity index is 671. The number of carbonyl (C=O) groups excluding carboxylic acids is 2. The lowest BCUT2D eigenvalue weighted by molar-refractivity contribution is -0.134. The normalized spacial score (nSPS) is 20.0. The third kappa shape index (κ3) is 6.17. The van der Waals surface area contributed by atoms with E-state index in [1.807, 2.05) is 34.2 Å². The highest BCUT2D eigenvalue weighted by molar-refractivity contribution is 5.78. The molecule has 2 fully saturated rings. The highest BCUT2D eigenvalue weighted by atomic mass is 16.2. The van der Waals surface area contributed by atoms with Gasteiger partial charge in [0.15, 0.2) is 0 Å². The molecule has 7 nitrogen and oxygen atoms in total. The molecule has 0 radical (unpaired) electrons. The highest BCUT2D eigenvalue weighted by Crippen LogP contribution is 2.22. The first-order chi connectivity index (χ1) is 14.6. The number of likely N-dealkylation sites (N-methyl/N-ethyl adjacent to an activating group) is 1. The summed E-state index contributed by atoms with van der Waals surface area (Å²) >= 11 is 0. The number of piperidine rings is 1. The van der Waals surface area contributed by atoms with E-state index in [1.54, 1.807) is 0 Å². The summed E-state index contributed by atoms with van der Waals surface area (Å²) in [5.41, 5.74) is 0. The van der Waals surface area contributed by atoms with E-state index < -0.39 is 0 Å². The van der Waals surface area contributed by atoms with Crippen LogP contribution in [0.4, 0.5) is 5.82 Å². The molecule has 166 valence electrons. The van der Waals surface area contributed by atoms with E-state index in [1.165, 1.54) is 0 Å². The van der Waals surface area contributed by atoms with Crippen molar-refractivity contribution in [2.24, 2.45) is 5.92 Å². The topological polar surface area (TPSA) is 60.0 Å². The van der Waals surface area contributed by atoms with Gasteiger partial charge in [-0.2, -0.15) is 0 Å². The first-order valence-corrected chi connectivity index (χ1v) is 11.5. The second kappa shape index (κ2) is 11.3. The fourth-order valence-electron chi connectivity index (χ4n) is 4.48. The van der Waals surface area contributed by atoms with Gasteiger partial charge in [0.25, 0.3) is 0 Å². The van der Waals surface area contributed by atoms with Crippen molar-refractivity contribution in [3.05, 3.63) is 24.4 Å². The SMILES string of the molecule is CCN(CC)CC(=O)N1CCCC(CCC(=O)N2CCN(c3ccccn3)CC2)C1. The zero-order chi connectivity index (χ0) is 21.3. The third-order valence-corrected chi connectivity index (χ3v) is 6.50. The number of pyridine rings is 1. The number of anilines is 1. The molecular formula is C23H37N5O2. The quantitative estimate of drug-likeness (QED) is 0.651. The minimum absolute atomic E-state index is 0.236. The van der Waals surface area contributed by atoms with Crippen LogP contribution in [0.2, 0.25) is 0 Å². The van der Waals surface area contributed by atoms with E-state index in [4.69, 9.17) is 0 Å². The lowest BCUT2D eigenvalue weighted by Gasteiger charge is -2.36. The Morgan fingerprint density at radius 3 is 2.47 bits per heavy atom. The molecule has 3 heterocycles. The van der Waals surface area contributed by atoms with Gasteiger partial charge < -0.3 is 14.7 Å². The molecule has 0 spiro atoms. The van der Waals surface area contributed by atoms with Gasteiger partial charge in [0.1, 0.15) is 5.82 Å². The molecule has 1 aromatic rings. The maximum absolute atomic E-state index is 12.7. The molecule has 1 unspecified atom stereocenters. The number of aromatic nitrogens is 1. The minimum Gasteiger partial charge on any atom is -0.353 e.